The van der Waals surface area contributed by atoms with Gasteiger partial charge in [0.25, 0.3) is 0 Å². The maximum atomic E-state index is 14.2. The van der Waals surface area contributed by atoms with Crippen LogP contribution in [-0.4, -0.2) is 18.2 Å². The zero-order valence-corrected chi connectivity index (χ0v) is 13.5. The van der Waals surface area contributed by atoms with Crippen molar-refractivity contribution >= 4 is 11.6 Å². The van der Waals surface area contributed by atoms with E-state index in [4.69, 9.17) is 16.3 Å². The second-order valence-electron chi connectivity index (χ2n) is 6.71. The molecule has 1 aromatic carbocycles. The van der Waals surface area contributed by atoms with Gasteiger partial charge in [-0.2, -0.15) is 0 Å². The van der Waals surface area contributed by atoms with E-state index < -0.39 is 0 Å². The van der Waals surface area contributed by atoms with Crippen molar-refractivity contribution in [3.05, 3.63) is 34.6 Å². The van der Waals surface area contributed by atoms with E-state index in [0.29, 0.717) is 10.6 Å². The Balaban J connectivity index is 2.37. The largest absolute Gasteiger partial charge is 0.369 e. The van der Waals surface area contributed by atoms with Crippen molar-refractivity contribution in [2.45, 2.75) is 51.4 Å². The van der Waals surface area contributed by atoms with E-state index in [1.54, 1.807) is 12.1 Å². The number of rotatable bonds is 3. The third-order valence-electron chi connectivity index (χ3n) is 4.15. The summed E-state index contributed by atoms with van der Waals surface area (Å²) in [6.45, 7) is 8.31. The Labute approximate surface area is 125 Å². The molecule has 1 fully saturated rings. The fraction of sp³-hybridized carbons (Fsp3) is 0.625. The van der Waals surface area contributed by atoms with Crippen LogP contribution < -0.4 is 5.32 Å². The number of hydrogen-bond donors (Lipinski definition) is 1. The summed E-state index contributed by atoms with van der Waals surface area (Å²) in [5, 5.41) is 3.67. The van der Waals surface area contributed by atoms with Crippen molar-refractivity contribution in [1.29, 1.82) is 0 Å². The van der Waals surface area contributed by atoms with E-state index in [1.807, 2.05) is 7.05 Å². The van der Waals surface area contributed by atoms with Gasteiger partial charge in [0.05, 0.1) is 11.2 Å². The predicted octanol–water partition coefficient (Wildman–Crippen LogP) is 4.33. The molecule has 2 atom stereocenters. The Morgan fingerprint density at radius 3 is 2.45 bits per heavy atom. The first kappa shape index (κ1) is 15.7. The van der Waals surface area contributed by atoms with Gasteiger partial charge in [-0.3, -0.25) is 0 Å². The van der Waals surface area contributed by atoms with Crippen LogP contribution in [0, 0.1) is 11.7 Å². The minimum Gasteiger partial charge on any atom is -0.369 e. The molecule has 2 rings (SSSR count). The predicted molar refractivity (Wildman–Crippen MR) is 80.6 cm³/mol. The van der Waals surface area contributed by atoms with Crippen molar-refractivity contribution in [2.75, 3.05) is 7.05 Å². The normalized spacial score (nSPS) is 25.6. The van der Waals surface area contributed by atoms with Crippen LogP contribution in [0.1, 0.15) is 45.7 Å². The van der Waals surface area contributed by atoms with Gasteiger partial charge in [0, 0.05) is 22.5 Å². The average molecular weight is 300 g/mol. The highest BCUT2D eigenvalue weighted by Gasteiger charge is 2.49. The third kappa shape index (κ3) is 3.00. The highest BCUT2D eigenvalue weighted by molar-refractivity contribution is 6.30. The summed E-state index contributed by atoms with van der Waals surface area (Å²) in [7, 11) is 1.86. The fourth-order valence-electron chi connectivity index (χ4n) is 3.45. The maximum Gasteiger partial charge on any atom is 0.129 e. The van der Waals surface area contributed by atoms with Crippen molar-refractivity contribution in [1.82, 2.24) is 5.32 Å². The van der Waals surface area contributed by atoms with Crippen LogP contribution in [0.15, 0.2) is 18.2 Å². The van der Waals surface area contributed by atoms with Crippen molar-refractivity contribution in [3.63, 3.8) is 0 Å². The third-order valence-corrected chi connectivity index (χ3v) is 4.39. The molecule has 0 aliphatic carbocycles. The molecule has 0 spiro atoms. The lowest BCUT2D eigenvalue weighted by atomic mass is 9.79. The molecule has 1 N–H and O–H groups in total. The first-order chi connectivity index (χ1) is 9.16. The molecule has 0 radical (unpaired) electrons. The van der Waals surface area contributed by atoms with Crippen molar-refractivity contribution in [3.8, 4) is 0 Å². The highest BCUT2D eigenvalue weighted by atomic mass is 35.5. The van der Waals surface area contributed by atoms with Gasteiger partial charge in [0.1, 0.15) is 5.82 Å². The van der Waals surface area contributed by atoms with Crippen LogP contribution in [0.5, 0.6) is 0 Å². The average Bonchev–Trinajstić information content (AvgIpc) is 2.51. The molecular formula is C16H23ClFNO. The molecule has 4 heteroatoms. The van der Waals surface area contributed by atoms with Crippen LogP contribution >= 0.6 is 11.6 Å². The molecule has 0 saturated carbocycles. The lowest BCUT2D eigenvalue weighted by Gasteiger charge is -2.33. The second kappa shape index (κ2) is 5.28. The Bertz CT molecular complexity index is 501. The van der Waals surface area contributed by atoms with Crippen LogP contribution in [0.3, 0.4) is 0 Å². The van der Waals surface area contributed by atoms with E-state index >= 15 is 0 Å². The molecule has 1 saturated heterocycles. The van der Waals surface area contributed by atoms with E-state index in [2.05, 4.69) is 33.0 Å². The summed E-state index contributed by atoms with van der Waals surface area (Å²) in [6.07, 6.45) is 0.883. The molecule has 20 heavy (non-hydrogen) atoms. The van der Waals surface area contributed by atoms with E-state index in [1.165, 1.54) is 6.07 Å². The molecule has 112 valence electrons. The summed E-state index contributed by atoms with van der Waals surface area (Å²) in [5.41, 5.74) is 0.159. The lowest BCUT2D eigenvalue weighted by Crippen LogP contribution is -2.37. The summed E-state index contributed by atoms with van der Waals surface area (Å²) in [5.74, 6) is -0.0736. The van der Waals surface area contributed by atoms with Gasteiger partial charge in [-0.25, -0.2) is 4.39 Å². The standard InChI is InChI=1S/C16H23ClFNO/c1-15(2)9-12(16(3,4)20-15)14(19-5)11-7-6-10(17)8-13(11)18/h6-8,12,14,19H,9H2,1-5H3. The lowest BCUT2D eigenvalue weighted by molar-refractivity contribution is -0.0777. The van der Waals surface area contributed by atoms with Crippen molar-refractivity contribution < 1.29 is 9.13 Å². The molecule has 1 heterocycles. The number of nitrogens with one attached hydrogen (secondary N) is 1. The maximum absolute atomic E-state index is 14.2. The molecule has 0 amide bonds. The van der Waals surface area contributed by atoms with E-state index in [0.717, 1.165) is 6.42 Å². The first-order valence-corrected chi connectivity index (χ1v) is 7.36. The Kier molecular flexibility index (Phi) is 4.16. The Morgan fingerprint density at radius 1 is 1.35 bits per heavy atom. The van der Waals surface area contributed by atoms with Crippen LogP contribution in [0.25, 0.3) is 0 Å². The smallest absolute Gasteiger partial charge is 0.129 e. The minimum absolute atomic E-state index is 0.0935. The zero-order valence-electron chi connectivity index (χ0n) is 12.8. The van der Waals surface area contributed by atoms with Gasteiger partial charge in [-0.1, -0.05) is 17.7 Å². The monoisotopic (exact) mass is 299 g/mol. The van der Waals surface area contributed by atoms with Gasteiger partial charge in [-0.05, 0) is 53.3 Å². The summed E-state index contributed by atoms with van der Waals surface area (Å²) >= 11 is 5.84. The molecule has 0 bridgehead atoms. The summed E-state index contributed by atoms with van der Waals surface area (Å²) in [6, 6.07) is 4.78. The Morgan fingerprint density at radius 2 is 2.00 bits per heavy atom. The minimum atomic E-state index is -0.302. The second-order valence-corrected chi connectivity index (χ2v) is 7.14. The van der Waals surface area contributed by atoms with Gasteiger partial charge in [-0.15, -0.1) is 0 Å². The summed E-state index contributed by atoms with van der Waals surface area (Å²) < 4.78 is 20.3. The number of benzene rings is 1. The SMILES string of the molecule is CNC(c1ccc(Cl)cc1F)C1CC(C)(C)OC1(C)C. The number of hydrogen-bond acceptors (Lipinski definition) is 2. The fourth-order valence-corrected chi connectivity index (χ4v) is 3.61. The quantitative estimate of drug-likeness (QED) is 0.897. The molecule has 2 nitrogen and oxygen atoms in total. The van der Waals surface area contributed by atoms with Crippen LogP contribution in [0.2, 0.25) is 5.02 Å². The molecule has 0 aromatic heterocycles. The molecule has 1 aliphatic heterocycles. The zero-order chi connectivity index (χ0) is 15.1. The highest BCUT2D eigenvalue weighted by Crippen LogP contribution is 2.47. The van der Waals surface area contributed by atoms with Gasteiger partial charge < -0.3 is 10.1 Å². The topological polar surface area (TPSA) is 21.3 Å². The van der Waals surface area contributed by atoms with Crippen LogP contribution in [-0.2, 0) is 4.74 Å². The molecule has 2 unspecified atom stereocenters. The van der Waals surface area contributed by atoms with Gasteiger partial charge in [0.15, 0.2) is 0 Å². The van der Waals surface area contributed by atoms with E-state index in [-0.39, 0.29) is 29.0 Å². The van der Waals surface area contributed by atoms with Crippen molar-refractivity contribution in [2.24, 2.45) is 5.92 Å². The number of ether oxygens (including phenoxy) is 1. The Hall–Kier alpha value is -0.640. The molecule has 1 aromatic rings. The van der Waals surface area contributed by atoms with Gasteiger partial charge >= 0.3 is 0 Å². The van der Waals surface area contributed by atoms with Gasteiger partial charge in [0.2, 0.25) is 0 Å². The number of halogens is 2. The van der Waals surface area contributed by atoms with Crippen LogP contribution in [0.4, 0.5) is 4.39 Å². The van der Waals surface area contributed by atoms with E-state index in [9.17, 15) is 4.39 Å². The molecule has 1 aliphatic rings. The summed E-state index contributed by atoms with van der Waals surface area (Å²) in [4.78, 5) is 0. The molecular weight excluding hydrogens is 277 g/mol. The first-order valence-electron chi connectivity index (χ1n) is 6.99.